The van der Waals surface area contributed by atoms with Crippen molar-refractivity contribution in [3.8, 4) is 0 Å². The summed E-state index contributed by atoms with van der Waals surface area (Å²) >= 11 is 0. The van der Waals surface area contributed by atoms with Crippen LogP contribution in [0.25, 0.3) is 0 Å². The lowest BCUT2D eigenvalue weighted by atomic mass is 9.93. The van der Waals surface area contributed by atoms with Crippen molar-refractivity contribution in [2.45, 2.75) is 57.4 Å². The molecule has 2 aromatic rings. The van der Waals surface area contributed by atoms with E-state index in [-0.39, 0.29) is 30.3 Å². The predicted molar refractivity (Wildman–Crippen MR) is 104 cm³/mol. The number of furan rings is 1. The van der Waals surface area contributed by atoms with Gasteiger partial charge in [-0.2, -0.15) is 0 Å². The quantitative estimate of drug-likeness (QED) is 0.786. The summed E-state index contributed by atoms with van der Waals surface area (Å²) < 4.78 is 5.43. The molecule has 0 bridgehead atoms. The molecular formula is C22H28N2O3. The summed E-state index contributed by atoms with van der Waals surface area (Å²) in [5, 5.41) is 5.84. The van der Waals surface area contributed by atoms with Gasteiger partial charge in [0.25, 0.3) is 0 Å². The summed E-state index contributed by atoms with van der Waals surface area (Å²) in [5.41, 5.74) is 2.06. The lowest BCUT2D eigenvalue weighted by Crippen LogP contribution is -2.43. The molecule has 2 amide bonds. The third-order valence-corrected chi connectivity index (χ3v) is 5.18. The van der Waals surface area contributed by atoms with Gasteiger partial charge in [-0.1, -0.05) is 49.1 Å². The van der Waals surface area contributed by atoms with Gasteiger partial charge in [0.2, 0.25) is 11.8 Å². The number of hydrogen-bond donors (Lipinski definition) is 2. The van der Waals surface area contributed by atoms with Crippen LogP contribution in [0.15, 0.2) is 47.1 Å². The highest BCUT2D eigenvalue weighted by atomic mass is 16.3. The minimum atomic E-state index is -0.390. The van der Waals surface area contributed by atoms with Gasteiger partial charge in [0.1, 0.15) is 5.76 Å². The molecule has 1 aromatic heterocycles. The van der Waals surface area contributed by atoms with E-state index >= 15 is 0 Å². The molecule has 1 atom stereocenters. The molecule has 1 aromatic carbocycles. The number of benzene rings is 1. The molecule has 1 saturated carbocycles. The molecule has 27 heavy (non-hydrogen) atoms. The molecule has 1 heterocycles. The van der Waals surface area contributed by atoms with E-state index in [1.54, 1.807) is 6.26 Å². The van der Waals surface area contributed by atoms with Gasteiger partial charge in [-0.15, -0.1) is 0 Å². The number of amides is 2. The summed E-state index contributed by atoms with van der Waals surface area (Å²) in [6.45, 7) is 2.02. The predicted octanol–water partition coefficient (Wildman–Crippen LogP) is 3.48. The number of carbonyl (C=O) groups is 2. The van der Waals surface area contributed by atoms with Crippen molar-refractivity contribution in [2.24, 2.45) is 0 Å². The number of carbonyl (C=O) groups excluding carboxylic acids is 2. The minimum Gasteiger partial charge on any atom is -0.469 e. The monoisotopic (exact) mass is 368 g/mol. The molecule has 5 heteroatoms. The zero-order valence-electron chi connectivity index (χ0n) is 15.9. The molecule has 144 valence electrons. The van der Waals surface area contributed by atoms with E-state index in [9.17, 15) is 9.59 Å². The van der Waals surface area contributed by atoms with Crippen molar-refractivity contribution in [3.63, 3.8) is 0 Å². The van der Waals surface area contributed by atoms with E-state index in [2.05, 4.69) is 10.6 Å². The van der Waals surface area contributed by atoms with Gasteiger partial charge >= 0.3 is 0 Å². The normalized spacial score (nSPS) is 15.9. The highest BCUT2D eigenvalue weighted by Crippen LogP contribution is 2.22. The van der Waals surface area contributed by atoms with Crippen molar-refractivity contribution in [2.75, 3.05) is 6.54 Å². The summed E-state index contributed by atoms with van der Waals surface area (Å²) in [4.78, 5) is 25.0. The third-order valence-electron chi connectivity index (χ3n) is 5.18. The van der Waals surface area contributed by atoms with Crippen LogP contribution < -0.4 is 10.6 Å². The number of nitrogens with one attached hydrogen (secondary N) is 2. The Hall–Kier alpha value is -2.56. The summed E-state index contributed by atoms with van der Waals surface area (Å²) in [5.74, 6) is 0.0894. The van der Waals surface area contributed by atoms with Crippen molar-refractivity contribution in [1.82, 2.24) is 10.6 Å². The van der Waals surface area contributed by atoms with Gasteiger partial charge < -0.3 is 15.1 Å². The van der Waals surface area contributed by atoms with Gasteiger partial charge in [0.15, 0.2) is 0 Å². The average Bonchev–Trinajstić information content (AvgIpc) is 3.19. The fourth-order valence-corrected chi connectivity index (χ4v) is 3.61. The second-order valence-electron chi connectivity index (χ2n) is 7.37. The third kappa shape index (κ3) is 5.71. The topological polar surface area (TPSA) is 71.3 Å². The van der Waals surface area contributed by atoms with E-state index in [0.717, 1.165) is 42.6 Å². The maximum Gasteiger partial charge on any atom is 0.239 e. The van der Waals surface area contributed by atoms with Crippen LogP contribution >= 0.6 is 0 Å². The van der Waals surface area contributed by atoms with Gasteiger partial charge in [-0.25, -0.2) is 0 Å². The smallest absolute Gasteiger partial charge is 0.239 e. The van der Waals surface area contributed by atoms with E-state index in [1.807, 2.05) is 43.3 Å². The molecule has 2 N–H and O–H groups in total. The highest BCUT2D eigenvalue weighted by molar-refractivity contribution is 5.88. The highest BCUT2D eigenvalue weighted by Gasteiger charge is 2.23. The fourth-order valence-electron chi connectivity index (χ4n) is 3.61. The van der Waals surface area contributed by atoms with Crippen LogP contribution in [0, 0.1) is 6.92 Å². The Morgan fingerprint density at radius 1 is 1.11 bits per heavy atom. The molecule has 1 aliphatic carbocycles. The van der Waals surface area contributed by atoms with Crippen LogP contribution in [0.5, 0.6) is 0 Å². The molecular weight excluding hydrogens is 340 g/mol. The van der Waals surface area contributed by atoms with Crippen molar-refractivity contribution in [1.29, 1.82) is 0 Å². The molecule has 0 spiro atoms. The molecule has 1 unspecified atom stereocenters. The first-order valence-corrected chi connectivity index (χ1v) is 9.78. The van der Waals surface area contributed by atoms with Crippen molar-refractivity contribution >= 4 is 11.8 Å². The summed E-state index contributed by atoms with van der Waals surface area (Å²) in [6.07, 6.45) is 7.71. The Balaban J connectivity index is 1.60. The Bertz CT molecular complexity index is 731. The zero-order chi connectivity index (χ0) is 19.1. The number of aryl methyl sites for hydroxylation is 1. The first kappa shape index (κ1) is 19.2. The van der Waals surface area contributed by atoms with E-state index in [4.69, 9.17) is 4.42 Å². The molecule has 5 nitrogen and oxygen atoms in total. The molecule has 3 rings (SSSR count). The van der Waals surface area contributed by atoms with Gasteiger partial charge in [-0.05, 0) is 37.5 Å². The Kier molecular flexibility index (Phi) is 6.69. The van der Waals surface area contributed by atoms with Crippen molar-refractivity contribution < 1.29 is 14.0 Å². The van der Waals surface area contributed by atoms with Crippen LogP contribution in [0.3, 0.4) is 0 Å². The standard InChI is InChI=1S/C22H28N2O3/c1-16-9-11-17(12-10-16)20(14-19-8-5-13-27-19)22(26)23-15-21(25)24-18-6-3-2-4-7-18/h5,8-13,18,20H,2-4,6-7,14-15H2,1H3,(H,23,26)(H,24,25). The molecule has 0 saturated heterocycles. The van der Waals surface area contributed by atoms with Crippen LogP contribution in [-0.4, -0.2) is 24.4 Å². The van der Waals surface area contributed by atoms with E-state index < -0.39 is 0 Å². The Morgan fingerprint density at radius 2 is 1.85 bits per heavy atom. The van der Waals surface area contributed by atoms with E-state index in [1.165, 1.54) is 6.42 Å². The Morgan fingerprint density at radius 3 is 2.52 bits per heavy atom. The summed E-state index contributed by atoms with van der Waals surface area (Å²) in [6, 6.07) is 11.8. The molecule has 1 fully saturated rings. The maximum absolute atomic E-state index is 12.8. The first-order chi connectivity index (χ1) is 13.1. The second kappa shape index (κ2) is 9.40. The minimum absolute atomic E-state index is 0.00977. The average molecular weight is 368 g/mol. The largest absolute Gasteiger partial charge is 0.469 e. The first-order valence-electron chi connectivity index (χ1n) is 9.78. The molecule has 1 aliphatic rings. The number of rotatable bonds is 7. The van der Waals surface area contributed by atoms with Gasteiger partial charge in [0, 0.05) is 12.5 Å². The van der Waals surface area contributed by atoms with Crippen LogP contribution in [-0.2, 0) is 16.0 Å². The van der Waals surface area contributed by atoms with Gasteiger partial charge in [-0.3, -0.25) is 9.59 Å². The second-order valence-corrected chi connectivity index (χ2v) is 7.37. The van der Waals surface area contributed by atoms with E-state index in [0.29, 0.717) is 6.42 Å². The van der Waals surface area contributed by atoms with Crippen molar-refractivity contribution in [3.05, 3.63) is 59.5 Å². The summed E-state index contributed by atoms with van der Waals surface area (Å²) in [7, 11) is 0. The molecule has 0 radical (unpaired) electrons. The Labute approximate surface area is 160 Å². The lowest BCUT2D eigenvalue weighted by molar-refractivity contribution is -0.127. The SMILES string of the molecule is Cc1ccc(C(Cc2ccco2)C(=O)NCC(=O)NC2CCCCC2)cc1. The fraction of sp³-hybridized carbons (Fsp3) is 0.455. The zero-order valence-corrected chi connectivity index (χ0v) is 15.9. The maximum atomic E-state index is 12.8. The van der Waals surface area contributed by atoms with Crippen LogP contribution in [0.1, 0.15) is 54.9 Å². The van der Waals surface area contributed by atoms with Gasteiger partial charge in [0.05, 0.1) is 18.7 Å². The van der Waals surface area contributed by atoms with Crippen LogP contribution in [0.4, 0.5) is 0 Å². The van der Waals surface area contributed by atoms with Crippen LogP contribution in [0.2, 0.25) is 0 Å². The number of hydrogen-bond acceptors (Lipinski definition) is 3. The lowest BCUT2D eigenvalue weighted by Gasteiger charge is -2.23. The molecule has 0 aliphatic heterocycles.